The van der Waals surface area contributed by atoms with E-state index in [4.69, 9.17) is 4.74 Å². The zero-order chi connectivity index (χ0) is 18.7. The number of hydrogen-bond donors (Lipinski definition) is 1. The van der Waals surface area contributed by atoms with Gasteiger partial charge in [-0.05, 0) is 49.8 Å². The molecule has 6 heteroatoms. The first-order valence-corrected chi connectivity index (χ1v) is 9.33. The molecule has 2 aliphatic rings. The van der Waals surface area contributed by atoms with Crippen molar-refractivity contribution in [2.45, 2.75) is 45.6 Å². The predicted octanol–water partition coefficient (Wildman–Crippen LogP) is 2.06. The number of hydrogen-bond acceptors (Lipinski definition) is 4. The van der Waals surface area contributed by atoms with Gasteiger partial charge in [-0.2, -0.15) is 0 Å². The molecule has 2 fully saturated rings. The number of anilines is 1. The lowest BCUT2D eigenvalue weighted by Crippen LogP contribution is -2.37. The minimum Gasteiger partial charge on any atom is -0.455 e. The molecular formula is C20H26N2O4. The summed E-state index contributed by atoms with van der Waals surface area (Å²) in [5, 5.41) is 2.85. The maximum absolute atomic E-state index is 12.2. The molecule has 2 atom stereocenters. The van der Waals surface area contributed by atoms with E-state index in [2.05, 4.69) is 12.2 Å². The maximum atomic E-state index is 12.2. The largest absolute Gasteiger partial charge is 0.455 e. The van der Waals surface area contributed by atoms with Crippen LogP contribution in [0.1, 0.15) is 38.7 Å². The number of carbonyl (C=O) groups is 3. The minimum absolute atomic E-state index is 0.0944. The quantitative estimate of drug-likeness (QED) is 0.757. The van der Waals surface area contributed by atoms with Crippen molar-refractivity contribution in [2.75, 3.05) is 18.1 Å². The molecule has 2 amide bonds. The van der Waals surface area contributed by atoms with Crippen molar-refractivity contribution in [3.8, 4) is 0 Å². The number of aryl methyl sites for hydroxylation is 1. The van der Waals surface area contributed by atoms with Crippen molar-refractivity contribution >= 4 is 23.5 Å². The van der Waals surface area contributed by atoms with Gasteiger partial charge in [0.15, 0.2) is 6.61 Å². The van der Waals surface area contributed by atoms with E-state index in [1.54, 1.807) is 4.90 Å². The molecule has 1 aromatic rings. The molecular weight excluding hydrogens is 332 g/mol. The summed E-state index contributed by atoms with van der Waals surface area (Å²) in [6.45, 7) is 4.05. The van der Waals surface area contributed by atoms with Crippen molar-refractivity contribution in [3.05, 3.63) is 29.8 Å². The van der Waals surface area contributed by atoms with Crippen molar-refractivity contribution in [2.24, 2.45) is 11.8 Å². The normalized spacial score (nSPS) is 20.8. The molecule has 0 bridgehead atoms. The highest BCUT2D eigenvalue weighted by Gasteiger charge is 2.36. The third-order valence-corrected chi connectivity index (χ3v) is 5.18. The summed E-state index contributed by atoms with van der Waals surface area (Å²) in [4.78, 5) is 37.9. The van der Waals surface area contributed by atoms with Gasteiger partial charge in [0, 0.05) is 24.7 Å². The first kappa shape index (κ1) is 18.4. The Bertz CT molecular complexity index is 682. The zero-order valence-corrected chi connectivity index (χ0v) is 15.4. The molecule has 0 aromatic heterocycles. The fourth-order valence-electron chi connectivity index (χ4n) is 3.29. The Kier molecular flexibility index (Phi) is 5.59. The van der Waals surface area contributed by atoms with Crippen molar-refractivity contribution in [1.29, 1.82) is 0 Å². The first-order chi connectivity index (χ1) is 12.5. The fourth-order valence-corrected chi connectivity index (χ4v) is 3.29. The molecule has 26 heavy (non-hydrogen) atoms. The third kappa shape index (κ3) is 4.42. The fraction of sp³-hybridized carbons (Fsp3) is 0.550. The Balaban J connectivity index is 1.49. The summed E-state index contributed by atoms with van der Waals surface area (Å²) in [5.41, 5.74) is 1.99. The van der Waals surface area contributed by atoms with Gasteiger partial charge in [0.25, 0.3) is 5.91 Å². The van der Waals surface area contributed by atoms with Gasteiger partial charge in [0.2, 0.25) is 5.91 Å². The molecule has 6 nitrogen and oxygen atoms in total. The first-order valence-electron chi connectivity index (χ1n) is 9.33. The second-order valence-corrected chi connectivity index (χ2v) is 7.23. The van der Waals surface area contributed by atoms with Crippen LogP contribution in [0.15, 0.2) is 24.3 Å². The van der Waals surface area contributed by atoms with E-state index >= 15 is 0 Å². The van der Waals surface area contributed by atoms with Gasteiger partial charge >= 0.3 is 5.97 Å². The van der Waals surface area contributed by atoms with Gasteiger partial charge in [-0.25, -0.2) is 0 Å². The Hall–Kier alpha value is -2.37. The summed E-state index contributed by atoms with van der Waals surface area (Å²) in [7, 11) is 0. The number of rotatable bonds is 7. The highest BCUT2D eigenvalue weighted by atomic mass is 16.5. The highest BCUT2D eigenvalue weighted by molar-refractivity contribution is 5.99. The lowest BCUT2D eigenvalue weighted by molar-refractivity contribution is -0.152. The highest BCUT2D eigenvalue weighted by Crippen LogP contribution is 2.32. The summed E-state index contributed by atoms with van der Waals surface area (Å²) in [5.74, 6) is -0.839. The van der Waals surface area contributed by atoms with E-state index in [9.17, 15) is 14.4 Å². The van der Waals surface area contributed by atoms with Crippen LogP contribution >= 0.6 is 0 Å². The van der Waals surface area contributed by atoms with Crippen molar-refractivity contribution < 1.29 is 19.1 Å². The zero-order valence-electron chi connectivity index (χ0n) is 15.4. The Morgan fingerprint density at radius 2 is 1.96 bits per heavy atom. The van der Waals surface area contributed by atoms with Gasteiger partial charge in [0.05, 0.1) is 5.92 Å². The van der Waals surface area contributed by atoms with Crippen LogP contribution < -0.4 is 10.2 Å². The van der Waals surface area contributed by atoms with Crippen LogP contribution in [0, 0.1) is 11.8 Å². The number of amides is 2. The molecule has 140 valence electrons. The number of nitrogens with zero attached hydrogens (tertiary/aromatic N) is 1. The number of nitrogens with one attached hydrogen (secondary N) is 1. The molecule has 0 radical (unpaired) electrons. The average molecular weight is 358 g/mol. The van der Waals surface area contributed by atoms with Gasteiger partial charge in [-0.1, -0.05) is 19.1 Å². The molecule has 3 rings (SSSR count). The molecule has 1 aromatic carbocycles. The average Bonchev–Trinajstić information content (AvgIpc) is 3.42. The molecule has 2 unspecified atom stereocenters. The maximum Gasteiger partial charge on any atom is 0.311 e. The van der Waals surface area contributed by atoms with E-state index in [1.807, 2.05) is 31.2 Å². The summed E-state index contributed by atoms with van der Waals surface area (Å²) >= 11 is 0. The third-order valence-electron chi connectivity index (χ3n) is 5.18. The summed E-state index contributed by atoms with van der Waals surface area (Å²) in [6, 6.07) is 7.89. The second kappa shape index (κ2) is 7.89. The van der Waals surface area contributed by atoms with Crippen LogP contribution in [0.5, 0.6) is 0 Å². The molecule has 0 spiro atoms. The number of esters is 1. The van der Waals surface area contributed by atoms with Crippen molar-refractivity contribution in [3.63, 3.8) is 0 Å². The van der Waals surface area contributed by atoms with Crippen LogP contribution in [-0.4, -0.2) is 37.0 Å². The summed E-state index contributed by atoms with van der Waals surface area (Å²) < 4.78 is 5.13. The van der Waals surface area contributed by atoms with E-state index < -0.39 is 11.9 Å². The van der Waals surface area contributed by atoms with E-state index in [0.29, 0.717) is 12.5 Å². The lowest BCUT2D eigenvalue weighted by atomic mass is 10.1. The Morgan fingerprint density at radius 3 is 2.58 bits per heavy atom. The predicted molar refractivity (Wildman–Crippen MR) is 97.6 cm³/mol. The Labute approximate surface area is 153 Å². The Morgan fingerprint density at radius 1 is 1.27 bits per heavy atom. The molecule has 1 N–H and O–H groups in total. The molecule has 1 saturated heterocycles. The van der Waals surface area contributed by atoms with Crippen molar-refractivity contribution in [1.82, 2.24) is 5.32 Å². The topological polar surface area (TPSA) is 75.7 Å². The standard InChI is InChI=1S/C20H26N2O4/c1-3-14-4-8-17(9-5-14)22-11-16(10-19(22)24)20(25)26-12-18(23)21-13(2)15-6-7-15/h4-5,8-9,13,15-16H,3,6-7,10-12H2,1-2H3,(H,21,23). The molecule has 1 saturated carbocycles. The number of carbonyl (C=O) groups excluding carboxylic acids is 3. The smallest absolute Gasteiger partial charge is 0.311 e. The van der Waals surface area contributed by atoms with E-state index in [0.717, 1.165) is 24.9 Å². The molecule has 1 aliphatic heterocycles. The van der Waals surface area contributed by atoms with Crippen LogP contribution in [0.25, 0.3) is 0 Å². The van der Waals surface area contributed by atoms with Gasteiger partial charge < -0.3 is 15.0 Å². The summed E-state index contributed by atoms with van der Waals surface area (Å²) in [6.07, 6.45) is 3.33. The second-order valence-electron chi connectivity index (χ2n) is 7.23. The van der Waals surface area contributed by atoms with Gasteiger partial charge in [0.1, 0.15) is 0 Å². The van der Waals surface area contributed by atoms with Crippen LogP contribution in [0.3, 0.4) is 0 Å². The molecule has 1 heterocycles. The monoisotopic (exact) mass is 358 g/mol. The van der Waals surface area contributed by atoms with E-state index in [-0.39, 0.29) is 30.9 Å². The number of benzene rings is 1. The molecule has 1 aliphatic carbocycles. The van der Waals surface area contributed by atoms with Gasteiger partial charge in [-0.3, -0.25) is 14.4 Å². The van der Waals surface area contributed by atoms with Crippen LogP contribution in [0.2, 0.25) is 0 Å². The van der Waals surface area contributed by atoms with Crippen LogP contribution in [0.4, 0.5) is 5.69 Å². The lowest BCUT2D eigenvalue weighted by Gasteiger charge is -2.17. The van der Waals surface area contributed by atoms with Gasteiger partial charge in [-0.15, -0.1) is 0 Å². The SMILES string of the molecule is CCc1ccc(N2CC(C(=O)OCC(=O)NC(C)C3CC3)CC2=O)cc1. The van der Waals surface area contributed by atoms with Crippen LogP contribution in [-0.2, 0) is 25.5 Å². The minimum atomic E-state index is -0.526. The van der Waals surface area contributed by atoms with E-state index in [1.165, 1.54) is 5.56 Å². The number of ether oxygens (including phenoxy) is 1.